The van der Waals surface area contributed by atoms with Crippen molar-refractivity contribution in [1.29, 1.82) is 0 Å². The Kier molecular flexibility index (Phi) is 4.09. The molecule has 7 nitrogen and oxygen atoms in total. The summed E-state index contributed by atoms with van der Waals surface area (Å²) in [6.07, 6.45) is 4.06. The molecule has 29 heavy (non-hydrogen) atoms. The predicted octanol–water partition coefficient (Wildman–Crippen LogP) is 3.11. The molecule has 1 unspecified atom stereocenters. The number of pyridine rings is 1. The number of nitrogens with one attached hydrogen (secondary N) is 3. The minimum atomic E-state index is -1.07. The van der Waals surface area contributed by atoms with Gasteiger partial charge in [0.05, 0.1) is 6.04 Å². The molecular weight excluding hydrogens is 369 g/mol. The van der Waals surface area contributed by atoms with E-state index in [1.165, 1.54) is 25.0 Å². The molecule has 1 aliphatic carbocycles. The van der Waals surface area contributed by atoms with Gasteiger partial charge in [-0.1, -0.05) is 12.1 Å². The van der Waals surface area contributed by atoms with E-state index in [9.17, 15) is 4.39 Å². The van der Waals surface area contributed by atoms with Gasteiger partial charge in [-0.25, -0.2) is 14.4 Å². The SMILES string of the molecule is C[C@H](N=C1Nc2ncccc2C(N)(c2cc(C3CC3)[nH]n2)N1)c1ccc(F)cc1. The average Bonchev–Trinajstić information content (AvgIpc) is 3.44. The van der Waals surface area contributed by atoms with Crippen molar-refractivity contribution in [2.45, 2.75) is 37.4 Å². The van der Waals surface area contributed by atoms with Crippen LogP contribution in [0, 0.1) is 5.82 Å². The number of hydrogen-bond donors (Lipinski definition) is 4. The minimum absolute atomic E-state index is 0.207. The van der Waals surface area contributed by atoms with Crippen molar-refractivity contribution in [3.8, 4) is 0 Å². The maximum absolute atomic E-state index is 13.2. The van der Waals surface area contributed by atoms with Crippen LogP contribution in [0.4, 0.5) is 10.2 Å². The fourth-order valence-electron chi connectivity index (χ4n) is 3.64. The van der Waals surface area contributed by atoms with Gasteiger partial charge in [0, 0.05) is 23.4 Å². The summed E-state index contributed by atoms with van der Waals surface area (Å²) in [6, 6.07) is 11.9. The van der Waals surface area contributed by atoms with E-state index >= 15 is 0 Å². The Labute approximate surface area is 167 Å². The second-order valence-electron chi connectivity index (χ2n) is 7.65. The number of H-pyrrole nitrogens is 1. The fraction of sp³-hybridized carbons (Fsp3) is 0.286. The van der Waals surface area contributed by atoms with Gasteiger partial charge < -0.3 is 10.6 Å². The Morgan fingerprint density at radius 2 is 2.03 bits per heavy atom. The molecular formula is C21H22FN7. The van der Waals surface area contributed by atoms with E-state index in [2.05, 4.69) is 25.8 Å². The maximum atomic E-state index is 13.2. The summed E-state index contributed by atoms with van der Waals surface area (Å²) in [6.45, 7) is 1.94. The molecule has 2 atom stereocenters. The van der Waals surface area contributed by atoms with Crippen LogP contribution >= 0.6 is 0 Å². The largest absolute Gasteiger partial charge is 0.329 e. The number of guanidine groups is 1. The van der Waals surface area contributed by atoms with Crippen LogP contribution < -0.4 is 16.4 Å². The Bertz CT molecular complexity index is 1070. The summed E-state index contributed by atoms with van der Waals surface area (Å²) < 4.78 is 13.2. The smallest absolute Gasteiger partial charge is 0.199 e. The molecule has 2 aliphatic rings. The molecule has 0 saturated heterocycles. The van der Waals surface area contributed by atoms with Crippen LogP contribution in [-0.2, 0) is 5.66 Å². The van der Waals surface area contributed by atoms with Crippen LogP contribution in [0.15, 0.2) is 53.7 Å². The lowest BCUT2D eigenvalue weighted by atomic mass is 9.95. The molecule has 3 heterocycles. The van der Waals surface area contributed by atoms with Crippen LogP contribution in [-0.4, -0.2) is 21.1 Å². The first-order valence-electron chi connectivity index (χ1n) is 9.71. The van der Waals surface area contributed by atoms with Gasteiger partial charge in [0.15, 0.2) is 11.6 Å². The van der Waals surface area contributed by atoms with E-state index in [1.807, 2.05) is 25.1 Å². The molecule has 0 amide bonds. The number of nitrogens with zero attached hydrogens (tertiary/aromatic N) is 3. The number of halogens is 1. The molecule has 1 aliphatic heterocycles. The van der Waals surface area contributed by atoms with Gasteiger partial charge in [-0.3, -0.25) is 10.8 Å². The highest BCUT2D eigenvalue weighted by atomic mass is 19.1. The topological polar surface area (TPSA) is 104 Å². The maximum Gasteiger partial charge on any atom is 0.199 e. The zero-order valence-electron chi connectivity index (χ0n) is 16.0. The molecule has 148 valence electrons. The number of anilines is 1. The van der Waals surface area contributed by atoms with Crippen molar-refractivity contribution in [3.05, 3.63) is 77.0 Å². The van der Waals surface area contributed by atoms with Crippen LogP contribution in [0.3, 0.4) is 0 Å². The van der Waals surface area contributed by atoms with Gasteiger partial charge in [-0.2, -0.15) is 5.10 Å². The Morgan fingerprint density at radius 3 is 2.79 bits per heavy atom. The molecule has 1 fully saturated rings. The second kappa shape index (κ2) is 6.66. The Balaban J connectivity index is 1.52. The number of aliphatic imine (C=N–C) groups is 1. The first-order chi connectivity index (χ1) is 14.0. The monoisotopic (exact) mass is 391 g/mol. The summed E-state index contributed by atoms with van der Waals surface area (Å²) in [5.41, 5.74) is 9.26. The van der Waals surface area contributed by atoms with Gasteiger partial charge in [0.25, 0.3) is 0 Å². The van der Waals surface area contributed by atoms with Crippen molar-refractivity contribution in [2.24, 2.45) is 10.7 Å². The fourth-order valence-corrected chi connectivity index (χ4v) is 3.64. The molecule has 2 aromatic heterocycles. The number of benzene rings is 1. The molecule has 5 N–H and O–H groups in total. The third-order valence-corrected chi connectivity index (χ3v) is 5.48. The predicted molar refractivity (Wildman–Crippen MR) is 109 cm³/mol. The second-order valence-corrected chi connectivity index (χ2v) is 7.65. The molecule has 0 spiro atoms. The number of aromatic nitrogens is 3. The van der Waals surface area contributed by atoms with Crippen LogP contribution in [0.5, 0.6) is 0 Å². The summed E-state index contributed by atoms with van der Waals surface area (Å²) in [7, 11) is 0. The van der Waals surface area contributed by atoms with E-state index in [4.69, 9.17) is 10.7 Å². The molecule has 8 heteroatoms. The third kappa shape index (κ3) is 3.25. The zero-order valence-corrected chi connectivity index (χ0v) is 16.0. The minimum Gasteiger partial charge on any atom is -0.329 e. The highest BCUT2D eigenvalue weighted by Gasteiger charge is 2.40. The highest BCUT2D eigenvalue weighted by molar-refractivity contribution is 5.97. The van der Waals surface area contributed by atoms with Crippen molar-refractivity contribution < 1.29 is 4.39 Å². The summed E-state index contributed by atoms with van der Waals surface area (Å²) in [5, 5.41) is 14.1. The van der Waals surface area contributed by atoms with Gasteiger partial charge in [0.2, 0.25) is 0 Å². The lowest BCUT2D eigenvalue weighted by molar-refractivity contribution is 0.472. The highest BCUT2D eigenvalue weighted by Crippen LogP contribution is 2.40. The lowest BCUT2D eigenvalue weighted by Gasteiger charge is -2.36. The lowest BCUT2D eigenvalue weighted by Crippen LogP contribution is -2.59. The molecule has 3 aromatic rings. The Hall–Kier alpha value is -3.26. The van der Waals surface area contributed by atoms with Gasteiger partial charge in [0.1, 0.15) is 17.3 Å². The molecule has 1 saturated carbocycles. The van der Waals surface area contributed by atoms with Crippen LogP contribution in [0.25, 0.3) is 0 Å². The number of hydrogen-bond acceptors (Lipinski definition) is 4. The van der Waals surface area contributed by atoms with Gasteiger partial charge >= 0.3 is 0 Å². The van der Waals surface area contributed by atoms with E-state index in [-0.39, 0.29) is 11.9 Å². The summed E-state index contributed by atoms with van der Waals surface area (Å²) in [4.78, 5) is 9.16. The van der Waals surface area contributed by atoms with Crippen LogP contribution in [0.1, 0.15) is 54.2 Å². The van der Waals surface area contributed by atoms with Crippen LogP contribution in [0.2, 0.25) is 0 Å². The normalized spacial score (nSPS) is 23.2. The van der Waals surface area contributed by atoms with E-state index < -0.39 is 5.66 Å². The van der Waals surface area contributed by atoms with Gasteiger partial charge in [-0.05, 0) is 55.7 Å². The first kappa shape index (κ1) is 17.8. The van der Waals surface area contributed by atoms with Crippen molar-refractivity contribution in [2.75, 3.05) is 5.32 Å². The van der Waals surface area contributed by atoms with E-state index in [1.54, 1.807) is 18.3 Å². The number of fused-ring (bicyclic) bond motifs is 1. The Morgan fingerprint density at radius 1 is 1.24 bits per heavy atom. The van der Waals surface area contributed by atoms with E-state index in [0.29, 0.717) is 23.4 Å². The van der Waals surface area contributed by atoms with Crippen molar-refractivity contribution in [1.82, 2.24) is 20.5 Å². The standard InChI is InChI=1S/C21H22FN7/c1-12(13-6-8-15(22)9-7-13)25-20-26-19-16(3-2-10-24-19)21(23,27-20)18-11-17(28-29-18)14-4-5-14/h2-3,6-12,14H,4-5,23H2,1H3,(H,28,29)(H2,24,25,26,27)/t12-,21?/m0/s1. The third-order valence-electron chi connectivity index (χ3n) is 5.48. The number of rotatable bonds is 4. The zero-order chi connectivity index (χ0) is 20.0. The van der Waals surface area contributed by atoms with Crippen molar-refractivity contribution in [3.63, 3.8) is 0 Å². The molecule has 0 radical (unpaired) electrons. The molecule has 1 aromatic carbocycles. The van der Waals surface area contributed by atoms with Crippen molar-refractivity contribution >= 4 is 11.8 Å². The van der Waals surface area contributed by atoms with Gasteiger partial charge in [-0.15, -0.1) is 0 Å². The quantitative estimate of drug-likeness (QED) is 0.547. The summed E-state index contributed by atoms with van der Waals surface area (Å²) in [5.74, 6) is 1.40. The first-order valence-corrected chi connectivity index (χ1v) is 9.71. The number of aromatic amines is 1. The number of nitrogens with two attached hydrogens (primary N) is 1. The molecule has 5 rings (SSSR count). The average molecular weight is 391 g/mol. The summed E-state index contributed by atoms with van der Waals surface area (Å²) >= 11 is 0. The molecule has 0 bridgehead atoms. The van der Waals surface area contributed by atoms with E-state index in [0.717, 1.165) is 16.8 Å².